The van der Waals surface area contributed by atoms with Gasteiger partial charge in [-0.2, -0.15) is 5.10 Å². The summed E-state index contributed by atoms with van der Waals surface area (Å²) >= 11 is 0. The molecule has 1 aromatic heterocycles. The molecule has 1 aliphatic rings. The highest BCUT2D eigenvalue weighted by Gasteiger charge is 2.24. The normalized spacial score (nSPS) is 15.8. The highest BCUT2D eigenvalue weighted by Crippen LogP contribution is 2.24. The van der Waals surface area contributed by atoms with Crippen LogP contribution in [0.5, 0.6) is 11.5 Å². The number of hydrogen-bond acceptors (Lipinski definition) is 5. The first kappa shape index (κ1) is 23.8. The number of hydrogen-bond donors (Lipinski definition) is 2. The van der Waals surface area contributed by atoms with Crippen LogP contribution in [0.4, 0.5) is 16.2 Å². The van der Waals surface area contributed by atoms with E-state index < -0.39 is 0 Å². The maximum Gasteiger partial charge on any atom is 0.323 e. The minimum atomic E-state index is -0.309. The SMILES string of the molecule is COC[C@@H]1CCCN1CCn1ncc2cc(NC(=O)Nc3ccc(Oc4ccccc4)cc3)ccc21. The molecule has 0 unspecified atom stereocenters. The molecule has 1 saturated heterocycles. The summed E-state index contributed by atoms with van der Waals surface area (Å²) in [6.07, 6.45) is 4.26. The van der Waals surface area contributed by atoms with E-state index in [1.165, 1.54) is 12.8 Å². The zero-order valence-electron chi connectivity index (χ0n) is 20.4. The summed E-state index contributed by atoms with van der Waals surface area (Å²) in [6, 6.07) is 22.9. The van der Waals surface area contributed by atoms with Crippen molar-refractivity contribution in [3.8, 4) is 11.5 Å². The lowest BCUT2D eigenvalue weighted by molar-refractivity contribution is 0.113. The van der Waals surface area contributed by atoms with E-state index in [4.69, 9.17) is 9.47 Å². The zero-order chi connectivity index (χ0) is 24.7. The average molecular weight is 486 g/mol. The van der Waals surface area contributed by atoms with Gasteiger partial charge in [0.05, 0.1) is 24.9 Å². The van der Waals surface area contributed by atoms with Crippen molar-refractivity contribution >= 4 is 28.3 Å². The first-order valence-electron chi connectivity index (χ1n) is 12.3. The van der Waals surface area contributed by atoms with E-state index in [-0.39, 0.29) is 6.03 Å². The van der Waals surface area contributed by atoms with E-state index in [0.717, 1.165) is 42.9 Å². The molecule has 2 heterocycles. The molecule has 1 aliphatic heterocycles. The van der Waals surface area contributed by atoms with Crippen LogP contribution in [0, 0.1) is 0 Å². The number of para-hydroxylation sites is 1. The van der Waals surface area contributed by atoms with Crippen LogP contribution in [0.1, 0.15) is 12.8 Å². The summed E-state index contributed by atoms with van der Waals surface area (Å²) < 4.78 is 13.2. The summed E-state index contributed by atoms with van der Waals surface area (Å²) in [6.45, 7) is 3.66. The number of urea groups is 1. The highest BCUT2D eigenvalue weighted by atomic mass is 16.5. The van der Waals surface area contributed by atoms with Gasteiger partial charge in [0.1, 0.15) is 11.5 Å². The third kappa shape index (κ3) is 5.84. The van der Waals surface area contributed by atoms with Crippen LogP contribution in [0.3, 0.4) is 0 Å². The fourth-order valence-corrected chi connectivity index (χ4v) is 4.66. The van der Waals surface area contributed by atoms with Gasteiger partial charge in [0.15, 0.2) is 0 Å². The Kier molecular flexibility index (Phi) is 7.44. The minimum Gasteiger partial charge on any atom is -0.457 e. The van der Waals surface area contributed by atoms with Gasteiger partial charge in [-0.1, -0.05) is 18.2 Å². The quantitative estimate of drug-likeness (QED) is 0.323. The van der Waals surface area contributed by atoms with Crippen LogP contribution in [-0.2, 0) is 11.3 Å². The van der Waals surface area contributed by atoms with Gasteiger partial charge in [-0.3, -0.25) is 9.58 Å². The second kappa shape index (κ2) is 11.2. The van der Waals surface area contributed by atoms with Crippen LogP contribution in [0.2, 0.25) is 0 Å². The van der Waals surface area contributed by atoms with Crippen LogP contribution < -0.4 is 15.4 Å². The Morgan fingerprint density at radius 3 is 2.53 bits per heavy atom. The van der Waals surface area contributed by atoms with Crippen molar-refractivity contribution in [2.24, 2.45) is 0 Å². The van der Waals surface area contributed by atoms with Crippen LogP contribution in [0.25, 0.3) is 10.9 Å². The van der Waals surface area contributed by atoms with Crippen LogP contribution >= 0.6 is 0 Å². The first-order chi connectivity index (χ1) is 17.7. The molecule has 1 fully saturated rings. The van der Waals surface area contributed by atoms with Gasteiger partial charge in [-0.15, -0.1) is 0 Å². The van der Waals surface area contributed by atoms with Crippen molar-refractivity contribution in [1.29, 1.82) is 0 Å². The van der Waals surface area contributed by atoms with E-state index in [1.54, 1.807) is 7.11 Å². The number of fused-ring (bicyclic) bond motifs is 1. The predicted octanol–water partition coefficient (Wildman–Crippen LogP) is 5.58. The maximum absolute atomic E-state index is 12.5. The zero-order valence-corrected chi connectivity index (χ0v) is 20.4. The summed E-state index contributed by atoms with van der Waals surface area (Å²) in [4.78, 5) is 15.0. The largest absolute Gasteiger partial charge is 0.457 e. The number of carbonyl (C=O) groups is 1. The molecule has 8 nitrogen and oxygen atoms in total. The van der Waals surface area contributed by atoms with Gasteiger partial charge < -0.3 is 20.1 Å². The van der Waals surface area contributed by atoms with E-state index in [9.17, 15) is 4.79 Å². The number of benzene rings is 3. The molecule has 2 amide bonds. The Hall–Kier alpha value is -3.88. The van der Waals surface area contributed by atoms with Gasteiger partial charge in [0.2, 0.25) is 0 Å². The molecule has 0 bridgehead atoms. The summed E-state index contributed by atoms with van der Waals surface area (Å²) in [5.74, 6) is 1.47. The molecule has 2 N–H and O–H groups in total. The summed E-state index contributed by atoms with van der Waals surface area (Å²) in [5.41, 5.74) is 2.44. The molecule has 186 valence electrons. The number of nitrogens with one attached hydrogen (secondary N) is 2. The third-order valence-corrected chi connectivity index (χ3v) is 6.45. The number of carbonyl (C=O) groups excluding carboxylic acids is 1. The van der Waals surface area contributed by atoms with Crippen LogP contribution in [-0.4, -0.2) is 53.6 Å². The average Bonchev–Trinajstić information content (AvgIpc) is 3.51. The second-order valence-corrected chi connectivity index (χ2v) is 8.95. The van der Waals surface area contributed by atoms with Gasteiger partial charge in [-0.05, 0) is 74.0 Å². The molecular formula is C28H31N5O3. The molecule has 8 heteroatoms. The molecule has 5 rings (SSSR count). The lowest BCUT2D eigenvalue weighted by Crippen LogP contribution is -2.35. The van der Waals surface area contributed by atoms with Crippen molar-refractivity contribution in [3.05, 3.63) is 79.0 Å². The lowest BCUT2D eigenvalue weighted by atomic mass is 10.2. The van der Waals surface area contributed by atoms with E-state index in [1.807, 2.05) is 83.7 Å². The van der Waals surface area contributed by atoms with Crippen molar-refractivity contribution in [3.63, 3.8) is 0 Å². The summed E-state index contributed by atoms with van der Waals surface area (Å²) in [5, 5.41) is 11.3. The molecule has 0 aliphatic carbocycles. The van der Waals surface area contributed by atoms with Crippen molar-refractivity contribution < 1.29 is 14.3 Å². The fourth-order valence-electron chi connectivity index (χ4n) is 4.66. The van der Waals surface area contributed by atoms with Gasteiger partial charge in [-0.25, -0.2) is 4.79 Å². The molecule has 0 saturated carbocycles. The fraction of sp³-hybridized carbons (Fsp3) is 0.286. The van der Waals surface area contributed by atoms with Crippen molar-refractivity contribution in [2.45, 2.75) is 25.4 Å². The Bertz CT molecular complexity index is 1290. The number of methoxy groups -OCH3 is 1. The van der Waals surface area contributed by atoms with Crippen molar-refractivity contribution in [1.82, 2.24) is 14.7 Å². The molecule has 0 spiro atoms. The standard InChI is InChI=1S/C28H31N5O3/c1-35-20-24-6-5-15-32(24)16-17-33-27-14-11-23(18-21(27)19-29-33)31-28(34)30-22-9-12-26(13-10-22)36-25-7-3-2-4-8-25/h2-4,7-14,18-19,24H,5-6,15-17,20H2,1H3,(H2,30,31,34)/t24-/m0/s1. The molecule has 3 aromatic carbocycles. The number of anilines is 2. The Balaban J connectivity index is 1.15. The minimum absolute atomic E-state index is 0.309. The van der Waals surface area contributed by atoms with Gasteiger partial charge >= 0.3 is 6.03 Å². The molecule has 1 atom stereocenters. The lowest BCUT2D eigenvalue weighted by Gasteiger charge is -2.23. The number of amides is 2. The van der Waals surface area contributed by atoms with E-state index in [0.29, 0.717) is 23.2 Å². The highest BCUT2D eigenvalue weighted by molar-refractivity contribution is 6.01. The third-order valence-electron chi connectivity index (χ3n) is 6.45. The molecule has 4 aromatic rings. The maximum atomic E-state index is 12.5. The number of rotatable bonds is 9. The van der Waals surface area contributed by atoms with Crippen LogP contribution in [0.15, 0.2) is 79.0 Å². The van der Waals surface area contributed by atoms with Gasteiger partial charge in [0, 0.05) is 36.5 Å². The topological polar surface area (TPSA) is 80.7 Å². The van der Waals surface area contributed by atoms with Crippen molar-refractivity contribution in [2.75, 3.05) is 37.4 Å². The molecule has 36 heavy (non-hydrogen) atoms. The number of likely N-dealkylation sites (tertiary alicyclic amines) is 1. The monoisotopic (exact) mass is 485 g/mol. The number of ether oxygens (including phenoxy) is 2. The summed E-state index contributed by atoms with van der Waals surface area (Å²) in [7, 11) is 1.77. The Morgan fingerprint density at radius 2 is 1.72 bits per heavy atom. The second-order valence-electron chi connectivity index (χ2n) is 8.95. The molecule has 0 radical (unpaired) electrons. The smallest absolute Gasteiger partial charge is 0.323 e. The van der Waals surface area contributed by atoms with E-state index in [2.05, 4.69) is 20.6 Å². The first-order valence-corrected chi connectivity index (χ1v) is 12.3. The predicted molar refractivity (Wildman–Crippen MR) is 142 cm³/mol. The number of nitrogens with zero attached hydrogens (tertiary/aromatic N) is 3. The molecular weight excluding hydrogens is 454 g/mol. The van der Waals surface area contributed by atoms with Gasteiger partial charge in [0.25, 0.3) is 0 Å². The number of aromatic nitrogens is 2. The Labute approximate surface area is 210 Å². The Morgan fingerprint density at radius 1 is 0.972 bits per heavy atom. The van der Waals surface area contributed by atoms with E-state index >= 15 is 0 Å².